The number of nitrogens with zero attached hydrogens (tertiary/aromatic N) is 1. The first-order valence-electron chi connectivity index (χ1n) is 5.35. The molecule has 0 bridgehead atoms. The second kappa shape index (κ2) is 4.49. The van der Waals surface area contributed by atoms with E-state index >= 15 is 0 Å². The van der Waals surface area contributed by atoms with Gasteiger partial charge in [0.15, 0.2) is 0 Å². The third kappa shape index (κ3) is 3.40. The molecule has 4 heteroatoms. The lowest BCUT2D eigenvalue weighted by atomic mass is 10.3. The predicted octanol–water partition coefficient (Wildman–Crippen LogP) is 0.393. The topological polar surface area (TPSA) is 46.1 Å². The summed E-state index contributed by atoms with van der Waals surface area (Å²) in [5, 5.41) is 6.06. The van der Waals surface area contributed by atoms with Gasteiger partial charge in [0, 0.05) is 32.0 Å². The maximum Gasteiger partial charge on any atom is 0.234 e. The van der Waals surface area contributed by atoms with Crippen LogP contribution in [0.4, 0.5) is 0 Å². The van der Waals surface area contributed by atoms with Gasteiger partial charge in [-0.3, -0.25) is 4.79 Å². The molecule has 1 heterocycles. The highest BCUT2D eigenvalue weighted by Crippen LogP contribution is 2.18. The van der Waals surface area contributed by atoms with Crippen molar-refractivity contribution >= 4 is 5.91 Å². The van der Waals surface area contributed by atoms with Crippen molar-refractivity contribution in [3.63, 3.8) is 0 Å². The van der Waals surface area contributed by atoms with Crippen LogP contribution in [0.2, 0.25) is 0 Å². The largest absolute Gasteiger partial charge is 0.357 e. The molecule has 1 aromatic rings. The van der Waals surface area contributed by atoms with Crippen molar-refractivity contribution in [2.24, 2.45) is 7.05 Å². The quantitative estimate of drug-likeness (QED) is 0.734. The van der Waals surface area contributed by atoms with Crippen LogP contribution in [-0.4, -0.2) is 23.1 Å². The van der Waals surface area contributed by atoms with Gasteiger partial charge in [0.1, 0.15) is 0 Å². The Morgan fingerprint density at radius 3 is 3.00 bits per heavy atom. The van der Waals surface area contributed by atoms with Gasteiger partial charge in [0.05, 0.1) is 6.54 Å². The van der Waals surface area contributed by atoms with Crippen molar-refractivity contribution in [3.8, 4) is 0 Å². The van der Waals surface area contributed by atoms with Crippen molar-refractivity contribution < 1.29 is 4.79 Å². The lowest BCUT2D eigenvalue weighted by Gasteiger charge is -2.04. The summed E-state index contributed by atoms with van der Waals surface area (Å²) >= 11 is 0. The van der Waals surface area contributed by atoms with Gasteiger partial charge in [-0.25, -0.2) is 0 Å². The molecule has 0 atom stereocenters. The first kappa shape index (κ1) is 10.2. The average molecular weight is 207 g/mol. The minimum absolute atomic E-state index is 0.105. The van der Waals surface area contributed by atoms with E-state index in [1.165, 1.54) is 5.56 Å². The predicted molar refractivity (Wildman–Crippen MR) is 58.3 cm³/mol. The Balaban J connectivity index is 1.63. The number of aryl methyl sites for hydroxylation is 1. The number of carbonyl (C=O) groups is 1. The van der Waals surface area contributed by atoms with E-state index < -0.39 is 0 Å². The zero-order valence-corrected chi connectivity index (χ0v) is 8.99. The Kier molecular flexibility index (Phi) is 3.06. The van der Waals surface area contributed by atoms with E-state index in [0.717, 1.165) is 19.4 Å². The first-order valence-corrected chi connectivity index (χ1v) is 5.35. The highest BCUT2D eigenvalue weighted by molar-refractivity contribution is 5.78. The van der Waals surface area contributed by atoms with E-state index in [9.17, 15) is 4.79 Å². The molecule has 0 aliphatic heterocycles. The molecule has 4 nitrogen and oxygen atoms in total. The zero-order chi connectivity index (χ0) is 10.7. The molecule has 0 saturated heterocycles. The second-order valence-electron chi connectivity index (χ2n) is 4.13. The third-order valence-electron chi connectivity index (χ3n) is 2.45. The average Bonchev–Trinajstić information content (AvgIpc) is 2.89. The molecule has 1 saturated carbocycles. The fraction of sp³-hybridized carbons (Fsp3) is 0.545. The lowest BCUT2D eigenvalue weighted by molar-refractivity contribution is -0.120. The van der Waals surface area contributed by atoms with Crippen LogP contribution in [0.3, 0.4) is 0 Å². The van der Waals surface area contributed by atoms with Gasteiger partial charge >= 0.3 is 0 Å². The van der Waals surface area contributed by atoms with E-state index in [0.29, 0.717) is 12.6 Å². The molecule has 0 aromatic carbocycles. The maximum atomic E-state index is 11.3. The van der Waals surface area contributed by atoms with Gasteiger partial charge in [-0.15, -0.1) is 0 Å². The third-order valence-corrected chi connectivity index (χ3v) is 2.45. The molecule has 1 aromatic heterocycles. The summed E-state index contributed by atoms with van der Waals surface area (Å²) < 4.78 is 2.00. The molecule has 15 heavy (non-hydrogen) atoms. The van der Waals surface area contributed by atoms with Crippen molar-refractivity contribution in [3.05, 3.63) is 24.0 Å². The van der Waals surface area contributed by atoms with E-state index in [2.05, 4.69) is 10.6 Å². The minimum Gasteiger partial charge on any atom is -0.357 e. The van der Waals surface area contributed by atoms with Gasteiger partial charge in [0.25, 0.3) is 0 Å². The number of amides is 1. The molecule has 1 amide bonds. The molecule has 82 valence electrons. The van der Waals surface area contributed by atoms with Crippen molar-refractivity contribution in [1.82, 2.24) is 15.2 Å². The smallest absolute Gasteiger partial charge is 0.234 e. The Hall–Kier alpha value is -1.29. The van der Waals surface area contributed by atoms with Crippen LogP contribution in [0.15, 0.2) is 18.5 Å². The molecular formula is C11H17N3O. The van der Waals surface area contributed by atoms with Crippen molar-refractivity contribution in [1.29, 1.82) is 0 Å². The molecule has 0 radical (unpaired) electrons. The summed E-state index contributed by atoms with van der Waals surface area (Å²) in [6, 6.07) is 2.50. The van der Waals surface area contributed by atoms with Gasteiger partial charge < -0.3 is 15.2 Å². The first-order chi connectivity index (χ1) is 7.24. The minimum atomic E-state index is 0.105. The summed E-state index contributed by atoms with van der Waals surface area (Å²) in [5.41, 5.74) is 1.21. The molecule has 0 spiro atoms. The number of hydrogen-bond donors (Lipinski definition) is 2. The Bertz CT molecular complexity index is 341. The summed E-state index contributed by atoms with van der Waals surface area (Å²) in [5.74, 6) is 0.105. The Morgan fingerprint density at radius 2 is 2.40 bits per heavy atom. The highest BCUT2D eigenvalue weighted by atomic mass is 16.2. The molecule has 1 fully saturated rings. The van der Waals surface area contributed by atoms with Crippen LogP contribution < -0.4 is 10.6 Å². The Labute approximate surface area is 89.7 Å². The van der Waals surface area contributed by atoms with Crippen LogP contribution in [-0.2, 0) is 18.4 Å². The molecule has 2 N–H and O–H groups in total. The summed E-state index contributed by atoms with van der Waals surface area (Å²) in [6.07, 6.45) is 6.34. The lowest BCUT2D eigenvalue weighted by Crippen LogP contribution is -2.34. The molecule has 1 aliphatic rings. The van der Waals surface area contributed by atoms with E-state index in [1.54, 1.807) is 0 Å². The van der Waals surface area contributed by atoms with Crippen LogP contribution in [0.5, 0.6) is 0 Å². The van der Waals surface area contributed by atoms with Crippen molar-refractivity contribution in [2.75, 3.05) is 6.54 Å². The van der Waals surface area contributed by atoms with Crippen LogP contribution in [0, 0.1) is 0 Å². The van der Waals surface area contributed by atoms with Gasteiger partial charge in [0.2, 0.25) is 5.91 Å². The fourth-order valence-corrected chi connectivity index (χ4v) is 1.49. The summed E-state index contributed by atoms with van der Waals surface area (Å²) in [7, 11) is 1.99. The number of rotatable bonds is 5. The second-order valence-corrected chi connectivity index (χ2v) is 4.13. The van der Waals surface area contributed by atoms with Crippen LogP contribution in [0.25, 0.3) is 0 Å². The van der Waals surface area contributed by atoms with Crippen LogP contribution >= 0.6 is 0 Å². The van der Waals surface area contributed by atoms with E-state index in [1.807, 2.05) is 30.1 Å². The van der Waals surface area contributed by atoms with Gasteiger partial charge in [-0.05, 0) is 24.5 Å². The number of nitrogens with one attached hydrogen (secondary N) is 2. The molecule has 2 rings (SSSR count). The SMILES string of the molecule is Cn1ccc(CNCC(=O)NC2CC2)c1. The number of carbonyl (C=O) groups excluding carboxylic acids is 1. The highest BCUT2D eigenvalue weighted by Gasteiger charge is 2.22. The normalized spacial score (nSPS) is 15.3. The van der Waals surface area contributed by atoms with Crippen LogP contribution in [0.1, 0.15) is 18.4 Å². The zero-order valence-electron chi connectivity index (χ0n) is 8.99. The van der Waals surface area contributed by atoms with E-state index in [-0.39, 0.29) is 5.91 Å². The standard InChI is InChI=1S/C11H17N3O/c1-14-5-4-9(8-14)6-12-7-11(15)13-10-2-3-10/h4-5,8,10,12H,2-3,6-7H2,1H3,(H,13,15). The van der Waals surface area contributed by atoms with Gasteiger partial charge in [-0.1, -0.05) is 0 Å². The summed E-state index contributed by atoms with van der Waals surface area (Å²) in [6.45, 7) is 1.16. The maximum absolute atomic E-state index is 11.3. The molecule has 0 unspecified atom stereocenters. The van der Waals surface area contributed by atoms with Crippen molar-refractivity contribution in [2.45, 2.75) is 25.4 Å². The molecular weight excluding hydrogens is 190 g/mol. The number of aromatic nitrogens is 1. The van der Waals surface area contributed by atoms with E-state index in [4.69, 9.17) is 0 Å². The Morgan fingerprint density at radius 1 is 1.60 bits per heavy atom. The fourth-order valence-electron chi connectivity index (χ4n) is 1.49. The molecule has 1 aliphatic carbocycles. The number of hydrogen-bond acceptors (Lipinski definition) is 2. The monoisotopic (exact) mass is 207 g/mol. The summed E-state index contributed by atoms with van der Waals surface area (Å²) in [4.78, 5) is 11.3. The van der Waals surface area contributed by atoms with Gasteiger partial charge in [-0.2, -0.15) is 0 Å².